The summed E-state index contributed by atoms with van der Waals surface area (Å²) in [5.41, 5.74) is 3.35. The summed E-state index contributed by atoms with van der Waals surface area (Å²) >= 11 is 0. The number of aromatic nitrogens is 2. The molecule has 0 amide bonds. The van der Waals surface area contributed by atoms with Gasteiger partial charge in [0.25, 0.3) is 0 Å². The van der Waals surface area contributed by atoms with Crippen molar-refractivity contribution >= 4 is 17.4 Å². The normalized spacial score (nSPS) is 21.5. The summed E-state index contributed by atoms with van der Waals surface area (Å²) in [6, 6.07) is 11.6. The van der Waals surface area contributed by atoms with E-state index in [0.717, 1.165) is 41.9 Å². The molecule has 0 radical (unpaired) electrons. The van der Waals surface area contributed by atoms with Crippen molar-refractivity contribution in [2.45, 2.75) is 84.2 Å². The highest BCUT2D eigenvalue weighted by molar-refractivity contribution is 5.80. The monoisotopic (exact) mass is 659 g/mol. The van der Waals surface area contributed by atoms with Crippen molar-refractivity contribution < 1.29 is 32.9 Å². The zero-order valence-corrected chi connectivity index (χ0v) is 28.3. The van der Waals surface area contributed by atoms with Crippen LogP contribution in [0.1, 0.15) is 71.1 Å². The van der Waals surface area contributed by atoms with Crippen molar-refractivity contribution in [3.8, 4) is 28.1 Å². The van der Waals surface area contributed by atoms with Crippen LogP contribution >= 0.6 is 0 Å². The van der Waals surface area contributed by atoms with Crippen LogP contribution in [0.15, 0.2) is 60.8 Å². The Morgan fingerprint density at radius 1 is 1.08 bits per heavy atom. The molecule has 3 aliphatic rings. The largest absolute Gasteiger partial charge is 0.490 e. The van der Waals surface area contributed by atoms with E-state index in [1.165, 1.54) is 0 Å². The maximum Gasteiger partial charge on any atom is 0.337 e. The molecule has 0 spiro atoms. The molecule has 6 bridgehead atoms. The average Bonchev–Trinajstić information content (AvgIpc) is 3.44. The van der Waals surface area contributed by atoms with Gasteiger partial charge in [-0.3, -0.25) is 4.40 Å². The smallest absolute Gasteiger partial charge is 0.337 e. The number of halogens is 2. The molecule has 1 fully saturated rings. The summed E-state index contributed by atoms with van der Waals surface area (Å²) in [4.78, 5) is 20.0. The number of benzene rings is 2. The number of carbonyl (C=O) groups is 1. The third kappa shape index (κ3) is 6.96. The third-order valence-corrected chi connectivity index (χ3v) is 9.03. The molecule has 2 aromatic heterocycles. The van der Waals surface area contributed by atoms with E-state index in [9.17, 15) is 18.7 Å². The SMILES string of the molecule is Cc1cc2nc3cn2c(c1[C@H](OC(C)(C)C)C(=O)O)N1CCC(C)(CC1)OC/C=C/C[C@H](C)Oc1cc(F)c(F)cc1-c1cccc-3c1. The number of imidazole rings is 1. The molecule has 48 heavy (non-hydrogen) atoms. The van der Waals surface area contributed by atoms with Crippen LogP contribution in [0.2, 0.25) is 0 Å². The molecule has 3 aliphatic heterocycles. The van der Waals surface area contributed by atoms with Gasteiger partial charge in [0.15, 0.2) is 17.7 Å². The van der Waals surface area contributed by atoms with Gasteiger partial charge in [-0.05, 0) is 83.7 Å². The molecule has 8 nitrogen and oxygen atoms in total. The first-order valence-electron chi connectivity index (χ1n) is 16.4. The lowest BCUT2D eigenvalue weighted by atomic mass is 9.92. The van der Waals surface area contributed by atoms with E-state index in [-0.39, 0.29) is 17.5 Å². The lowest BCUT2D eigenvalue weighted by Crippen LogP contribution is -2.45. The molecule has 4 aromatic rings. The van der Waals surface area contributed by atoms with Gasteiger partial charge in [-0.25, -0.2) is 18.6 Å². The minimum atomic E-state index is -1.21. The Balaban J connectivity index is 1.55. The number of piperidine rings is 1. The number of hydrogen-bond donors (Lipinski definition) is 1. The van der Waals surface area contributed by atoms with Gasteiger partial charge in [0.1, 0.15) is 17.2 Å². The van der Waals surface area contributed by atoms with Crippen molar-refractivity contribution in [3.63, 3.8) is 0 Å². The van der Waals surface area contributed by atoms with Crippen molar-refractivity contribution in [1.82, 2.24) is 9.38 Å². The Kier molecular flexibility index (Phi) is 9.08. The van der Waals surface area contributed by atoms with Crippen molar-refractivity contribution in [3.05, 3.63) is 83.6 Å². The minimum absolute atomic E-state index is 0.242. The first kappa shape index (κ1) is 33.6. The van der Waals surface area contributed by atoms with E-state index in [2.05, 4.69) is 11.8 Å². The average molecular weight is 660 g/mol. The maximum atomic E-state index is 14.6. The highest BCUT2D eigenvalue weighted by Crippen LogP contribution is 2.40. The van der Waals surface area contributed by atoms with E-state index in [1.807, 2.05) is 87.7 Å². The van der Waals surface area contributed by atoms with E-state index < -0.39 is 29.3 Å². The van der Waals surface area contributed by atoms with Crippen molar-refractivity contribution in [1.29, 1.82) is 0 Å². The number of nitrogens with zero attached hydrogens (tertiary/aromatic N) is 3. The van der Waals surface area contributed by atoms with E-state index in [0.29, 0.717) is 54.1 Å². The van der Waals surface area contributed by atoms with Crippen LogP contribution < -0.4 is 9.64 Å². The Labute approximate surface area is 280 Å². The maximum absolute atomic E-state index is 14.6. The first-order chi connectivity index (χ1) is 22.7. The molecule has 1 N–H and O–H groups in total. The fourth-order valence-electron chi connectivity index (χ4n) is 6.52. The van der Waals surface area contributed by atoms with Crippen LogP contribution in [0.25, 0.3) is 28.0 Å². The van der Waals surface area contributed by atoms with E-state index in [4.69, 9.17) is 19.2 Å². The van der Waals surface area contributed by atoms with Crippen LogP contribution in [0, 0.1) is 18.6 Å². The molecule has 0 saturated carbocycles. The quantitative estimate of drug-likeness (QED) is 0.222. The summed E-state index contributed by atoms with van der Waals surface area (Å²) in [5, 5.41) is 10.5. The number of hydrogen-bond acceptors (Lipinski definition) is 6. The Bertz CT molecular complexity index is 1870. The zero-order chi connectivity index (χ0) is 34.4. The number of pyridine rings is 1. The molecule has 254 valence electrons. The van der Waals surface area contributed by atoms with Gasteiger partial charge >= 0.3 is 5.97 Å². The molecule has 2 aromatic carbocycles. The topological polar surface area (TPSA) is 85.5 Å². The predicted molar refractivity (Wildman–Crippen MR) is 182 cm³/mol. The molecule has 5 heterocycles. The lowest BCUT2D eigenvalue weighted by Gasteiger charge is -2.41. The van der Waals surface area contributed by atoms with Gasteiger partial charge < -0.3 is 24.2 Å². The lowest BCUT2D eigenvalue weighted by molar-refractivity contribution is -0.160. The number of carboxylic acid groups (broad SMARTS) is 1. The number of aliphatic carboxylic acids is 1. The predicted octanol–water partition coefficient (Wildman–Crippen LogP) is 8.30. The van der Waals surface area contributed by atoms with Crippen LogP contribution in [0.3, 0.4) is 0 Å². The molecule has 10 heteroatoms. The molecule has 2 atom stereocenters. The van der Waals surface area contributed by atoms with Gasteiger partial charge in [-0.2, -0.15) is 0 Å². The van der Waals surface area contributed by atoms with E-state index >= 15 is 0 Å². The van der Waals surface area contributed by atoms with Gasteiger partial charge in [-0.1, -0.05) is 30.4 Å². The number of fused-ring (bicyclic) bond motifs is 7. The van der Waals surface area contributed by atoms with Crippen LogP contribution in [-0.2, 0) is 14.3 Å². The molecule has 7 rings (SSSR count). The minimum Gasteiger partial charge on any atom is -0.490 e. The fourth-order valence-corrected chi connectivity index (χ4v) is 6.52. The number of aryl methyl sites for hydroxylation is 1. The van der Waals surface area contributed by atoms with Gasteiger partial charge in [0, 0.05) is 48.5 Å². The summed E-state index contributed by atoms with van der Waals surface area (Å²) in [5.74, 6) is -2.06. The van der Waals surface area contributed by atoms with Gasteiger partial charge in [0.05, 0.1) is 29.6 Å². The van der Waals surface area contributed by atoms with Crippen LogP contribution in [0.4, 0.5) is 14.6 Å². The fraction of sp³-hybridized carbons (Fsp3) is 0.421. The van der Waals surface area contributed by atoms with Crippen LogP contribution in [0.5, 0.6) is 5.75 Å². The third-order valence-electron chi connectivity index (χ3n) is 9.03. The van der Waals surface area contributed by atoms with Gasteiger partial charge in [-0.15, -0.1) is 0 Å². The second kappa shape index (κ2) is 13.0. The number of ether oxygens (including phenoxy) is 3. The number of anilines is 1. The highest BCUT2D eigenvalue weighted by Gasteiger charge is 2.37. The van der Waals surface area contributed by atoms with Crippen molar-refractivity contribution in [2.24, 2.45) is 0 Å². The standard InChI is InChI=1S/C38H43F2N3O5/c1-23-18-32-41-30-22-43(32)35(33(23)34(36(44)45)48-37(3,4)5)42-15-13-38(6,14-16-42)46-17-8-7-10-24(2)47-31-21-29(40)28(39)20-27(31)25-11-9-12-26(30)19-25/h7-9,11-12,18-22,24,34H,10,13-17H2,1-6H3,(H,44,45)/b8-7+/t24-,34-/m0/s1. The van der Waals surface area contributed by atoms with Crippen LogP contribution in [-0.4, -0.2) is 57.5 Å². The molecule has 0 unspecified atom stereocenters. The summed E-state index contributed by atoms with van der Waals surface area (Å²) in [6.45, 7) is 13.1. The van der Waals surface area contributed by atoms with E-state index in [1.54, 1.807) is 0 Å². The molecule has 1 saturated heterocycles. The Morgan fingerprint density at radius 3 is 2.50 bits per heavy atom. The second-order valence-corrected chi connectivity index (χ2v) is 14.1. The summed E-state index contributed by atoms with van der Waals surface area (Å²) in [7, 11) is 0. The molecular weight excluding hydrogens is 616 g/mol. The summed E-state index contributed by atoms with van der Waals surface area (Å²) in [6.07, 6.45) is 6.34. The zero-order valence-electron chi connectivity index (χ0n) is 28.3. The summed E-state index contributed by atoms with van der Waals surface area (Å²) < 4.78 is 49.8. The number of rotatable bonds is 3. The Hall–Kier alpha value is -4.28. The first-order valence-corrected chi connectivity index (χ1v) is 16.4. The number of carboxylic acids is 1. The Morgan fingerprint density at radius 2 is 1.79 bits per heavy atom. The highest BCUT2D eigenvalue weighted by atomic mass is 19.2. The molecular formula is C38H43F2N3O5. The second-order valence-electron chi connectivity index (χ2n) is 14.1. The molecule has 0 aliphatic carbocycles. The van der Waals surface area contributed by atoms with Gasteiger partial charge in [0.2, 0.25) is 0 Å². The van der Waals surface area contributed by atoms with Crippen molar-refractivity contribution in [2.75, 3.05) is 24.6 Å².